The average molecular weight is 283 g/mol. The van der Waals surface area contributed by atoms with Crippen LogP contribution in [0.15, 0.2) is 18.3 Å². The second-order valence-electron chi connectivity index (χ2n) is 4.52. The van der Waals surface area contributed by atoms with E-state index in [1.807, 2.05) is 12.3 Å². The van der Waals surface area contributed by atoms with Crippen molar-refractivity contribution in [2.24, 2.45) is 0 Å². The molecule has 0 atom stereocenters. The maximum Gasteiger partial charge on any atom is 0.132 e. The lowest BCUT2D eigenvalue weighted by molar-refractivity contribution is 0.425. The predicted octanol–water partition coefficient (Wildman–Crippen LogP) is 3.75. The summed E-state index contributed by atoms with van der Waals surface area (Å²) in [4.78, 5) is 6.89. The Kier molecular flexibility index (Phi) is 4.22. The van der Waals surface area contributed by atoms with E-state index in [0.29, 0.717) is 6.04 Å². The first kappa shape index (κ1) is 11.9. The Bertz CT molecular complexity index is 334. The van der Waals surface area contributed by atoms with Crippen molar-refractivity contribution in [2.75, 3.05) is 11.9 Å². The summed E-state index contributed by atoms with van der Waals surface area (Å²) in [7, 11) is 2.18. The quantitative estimate of drug-likeness (QED) is 0.785. The lowest BCUT2D eigenvalue weighted by Crippen LogP contribution is -2.34. The van der Waals surface area contributed by atoms with Crippen molar-refractivity contribution in [1.82, 2.24) is 4.98 Å². The zero-order valence-electron chi connectivity index (χ0n) is 9.82. The van der Waals surface area contributed by atoms with Crippen LogP contribution in [-0.2, 0) is 5.33 Å². The van der Waals surface area contributed by atoms with Crippen LogP contribution in [0.2, 0.25) is 0 Å². The van der Waals surface area contributed by atoms with Gasteiger partial charge in [-0.3, -0.25) is 0 Å². The van der Waals surface area contributed by atoms with Gasteiger partial charge in [0.05, 0.1) is 0 Å². The van der Waals surface area contributed by atoms with Crippen LogP contribution in [-0.4, -0.2) is 18.1 Å². The second-order valence-corrected chi connectivity index (χ2v) is 5.08. The number of hydrogen-bond acceptors (Lipinski definition) is 2. The molecule has 16 heavy (non-hydrogen) atoms. The Morgan fingerprint density at radius 1 is 1.38 bits per heavy atom. The Hall–Kier alpha value is -0.570. The third kappa shape index (κ3) is 2.57. The molecule has 0 aliphatic heterocycles. The number of halogens is 1. The molecule has 1 saturated carbocycles. The fourth-order valence-electron chi connectivity index (χ4n) is 2.49. The summed E-state index contributed by atoms with van der Waals surface area (Å²) in [5.41, 5.74) is 1.29. The highest BCUT2D eigenvalue weighted by Crippen LogP contribution is 2.27. The van der Waals surface area contributed by atoms with Crippen molar-refractivity contribution < 1.29 is 0 Å². The van der Waals surface area contributed by atoms with Gasteiger partial charge in [-0.2, -0.15) is 0 Å². The summed E-state index contributed by atoms with van der Waals surface area (Å²) < 4.78 is 0. The minimum atomic E-state index is 0.682. The van der Waals surface area contributed by atoms with E-state index < -0.39 is 0 Å². The van der Waals surface area contributed by atoms with E-state index in [0.717, 1.165) is 11.1 Å². The molecule has 1 aliphatic carbocycles. The van der Waals surface area contributed by atoms with Crippen LogP contribution < -0.4 is 4.90 Å². The number of anilines is 1. The van der Waals surface area contributed by atoms with Crippen LogP contribution in [0, 0.1) is 0 Å². The normalized spacial score (nSPS) is 17.4. The van der Waals surface area contributed by atoms with Gasteiger partial charge >= 0.3 is 0 Å². The summed E-state index contributed by atoms with van der Waals surface area (Å²) in [6, 6.07) is 4.84. The van der Waals surface area contributed by atoms with Crippen molar-refractivity contribution in [2.45, 2.75) is 43.5 Å². The largest absolute Gasteiger partial charge is 0.356 e. The zero-order valence-corrected chi connectivity index (χ0v) is 11.4. The summed E-state index contributed by atoms with van der Waals surface area (Å²) in [6.45, 7) is 0. The molecule has 0 radical (unpaired) electrons. The first-order chi connectivity index (χ1) is 7.83. The van der Waals surface area contributed by atoms with Gasteiger partial charge in [0.1, 0.15) is 5.82 Å². The zero-order chi connectivity index (χ0) is 11.4. The van der Waals surface area contributed by atoms with Gasteiger partial charge in [-0.1, -0.05) is 41.3 Å². The Morgan fingerprint density at radius 3 is 2.81 bits per heavy atom. The molecule has 2 nitrogen and oxygen atoms in total. The lowest BCUT2D eigenvalue weighted by atomic mass is 9.94. The molecule has 0 spiro atoms. The smallest absolute Gasteiger partial charge is 0.132 e. The van der Waals surface area contributed by atoms with Gasteiger partial charge in [-0.15, -0.1) is 0 Å². The van der Waals surface area contributed by atoms with Gasteiger partial charge in [-0.25, -0.2) is 4.98 Å². The average Bonchev–Trinajstić information content (AvgIpc) is 2.39. The molecule has 3 heteroatoms. The molecular weight excluding hydrogens is 264 g/mol. The molecule has 0 aromatic carbocycles. The highest BCUT2D eigenvalue weighted by Gasteiger charge is 2.20. The van der Waals surface area contributed by atoms with Crippen molar-refractivity contribution in [1.29, 1.82) is 0 Å². The van der Waals surface area contributed by atoms with Crippen LogP contribution >= 0.6 is 15.9 Å². The van der Waals surface area contributed by atoms with Gasteiger partial charge in [0.2, 0.25) is 0 Å². The van der Waals surface area contributed by atoms with Crippen molar-refractivity contribution in [3.8, 4) is 0 Å². The Balaban J connectivity index is 2.15. The first-order valence-electron chi connectivity index (χ1n) is 6.05. The van der Waals surface area contributed by atoms with E-state index >= 15 is 0 Å². The van der Waals surface area contributed by atoms with E-state index in [4.69, 9.17) is 0 Å². The monoisotopic (exact) mass is 282 g/mol. The topological polar surface area (TPSA) is 16.1 Å². The fraction of sp³-hybridized carbons (Fsp3) is 0.615. The number of nitrogens with zero attached hydrogens (tertiary/aromatic N) is 2. The third-order valence-corrected chi connectivity index (χ3v) is 4.07. The molecule has 0 unspecified atom stereocenters. The molecule has 1 fully saturated rings. The SMILES string of the molecule is CN(c1ncccc1CBr)C1CCCCC1. The van der Waals surface area contributed by atoms with E-state index in [9.17, 15) is 0 Å². The molecule has 88 valence electrons. The second kappa shape index (κ2) is 5.67. The number of hydrogen-bond donors (Lipinski definition) is 0. The van der Waals surface area contributed by atoms with Crippen LogP contribution in [0.3, 0.4) is 0 Å². The molecule has 2 rings (SSSR count). The van der Waals surface area contributed by atoms with Crippen LogP contribution in [0.25, 0.3) is 0 Å². The fourth-order valence-corrected chi connectivity index (χ4v) is 2.93. The summed E-state index contributed by atoms with van der Waals surface area (Å²) in [5, 5.41) is 0.882. The van der Waals surface area contributed by atoms with Crippen molar-refractivity contribution in [3.63, 3.8) is 0 Å². The predicted molar refractivity (Wildman–Crippen MR) is 72.1 cm³/mol. The van der Waals surface area contributed by atoms with E-state index in [-0.39, 0.29) is 0 Å². The number of alkyl halides is 1. The van der Waals surface area contributed by atoms with E-state index in [2.05, 4.69) is 38.9 Å². The summed E-state index contributed by atoms with van der Waals surface area (Å²) >= 11 is 3.53. The minimum Gasteiger partial charge on any atom is -0.356 e. The van der Waals surface area contributed by atoms with Gasteiger partial charge in [-0.05, 0) is 18.9 Å². The molecule has 0 saturated heterocycles. The summed E-state index contributed by atoms with van der Waals surface area (Å²) in [6.07, 6.45) is 8.65. The molecule has 1 aliphatic rings. The Labute approximate surface area is 106 Å². The molecule has 1 aromatic rings. The molecule has 0 bridgehead atoms. The highest BCUT2D eigenvalue weighted by atomic mass is 79.9. The van der Waals surface area contributed by atoms with Crippen molar-refractivity contribution in [3.05, 3.63) is 23.9 Å². The lowest BCUT2D eigenvalue weighted by Gasteiger charge is -2.33. The minimum absolute atomic E-state index is 0.682. The maximum atomic E-state index is 4.52. The van der Waals surface area contributed by atoms with Gasteiger partial charge in [0.25, 0.3) is 0 Å². The first-order valence-corrected chi connectivity index (χ1v) is 7.17. The van der Waals surface area contributed by atoms with Gasteiger partial charge in [0.15, 0.2) is 0 Å². The van der Waals surface area contributed by atoms with Crippen LogP contribution in [0.5, 0.6) is 0 Å². The van der Waals surface area contributed by atoms with E-state index in [1.165, 1.54) is 37.7 Å². The van der Waals surface area contributed by atoms with Gasteiger partial charge < -0.3 is 4.90 Å². The molecular formula is C13H19BrN2. The molecule has 1 aromatic heterocycles. The number of aromatic nitrogens is 1. The molecule has 0 amide bonds. The standard InChI is InChI=1S/C13H19BrN2/c1-16(12-7-3-2-4-8-12)13-11(10-14)6-5-9-15-13/h5-6,9,12H,2-4,7-8,10H2,1H3. The number of pyridine rings is 1. The molecule has 1 heterocycles. The van der Waals surface area contributed by atoms with E-state index in [1.54, 1.807) is 0 Å². The number of rotatable bonds is 3. The third-order valence-electron chi connectivity index (χ3n) is 3.47. The highest BCUT2D eigenvalue weighted by molar-refractivity contribution is 9.08. The van der Waals surface area contributed by atoms with Gasteiger partial charge in [0, 0.05) is 30.2 Å². The van der Waals surface area contributed by atoms with Crippen molar-refractivity contribution >= 4 is 21.7 Å². The molecule has 0 N–H and O–H groups in total. The Morgan fingerprint density at radius 2 is 2.12 bits per heavy atom. The van der Waals surface area contributed by atoms with Crippen LogP contribution in [0.4, 0.5) is 5.82 Å². The maximum absolute atomic E-state index is 4.52. The summed E-state index contributed by atoms with van der Waals surface area (Å²) in [5.74, 6) is 1.14. The van der Waals surface area contributed by atoms with Crippen LogP contribution in [0.1, 0.15) is 37.7 Å².